The average molecular weight is 587 g/mol. The van der Waals surface area contributed by atoms with Gasteiger partial charge in [0.05, 0.1) is 11.3 Å². The van der Waals surface area contributed by atoms with Gasteiger partial charge < -0.3 is 10.3 Å². The Morgan fingerprint density at radius 3 is 2.43 bits per heavy atom. The van der Waals surface area contributed by atoms with Crippen LogP contribution in [0.1, 0.15) is 52.1 Å². The van der Waals surface area contributed by atoms with Crippen LogP contribution in [0.5, 0.6) is 0 Å². The Labute approximate surface area is 254 Å². The number of hydrogen-bond acceptors (Lipinski definition) is 3. The van der Waals surface area contributed by atoms with Crippen molar-refractivity contribution < 1.29 is 18.8 Å². The number of nitrogens with zero attached hydrogens (tertiary/aromatic N) is 2. The fourth-order valence-corrected chi connectivity index (χ4v) is 6.55. The van der Waals surface area contributed by atoms with Crippen LogP contribution in [0.3, 0.4) is 0 Å². The summed E-state index contributed by atoms with van der Waals surface area (Å²) in [6, 6.07) is 28.6. The summed E-state index contributed by atoms with van der Waals surface area (Å²) >= 11 is 0. The van der Waals surface area contributed by atoms with E-state index in [1.807, 2.05) is 49.4 Å². The van der Waals surface area contributed by atoms with E-state index in [1.165, 1.54) is 17.7 Å². The Morgan fingerprint density at radius 1 is 0.932 bits per heavy atom. The smallest absolute Gasteiger partial charge is 0.332 e. The normalized spacial score (nSPS) is 18.3. The van der Waals surface area contributed by atoms with Crippen LogP contribution in [0.4, 0.5) is 14.9 Å². The summed E-state index contributed by atoms with van der Waals surface area (Å²) in [6.45, 7) is 1.95. The van der Waals surface area contributed by atoms with Gasteiger partial charge in [0.1, 0.15) is 17.9 Å². The number of fused-ring (bicyclic) bond motifs is 4. The number of nitrogens with one attached hydrogen (secondary N) is 2. The number of carbonyl (C=O) groups is 3. The van der Waals surface area contributed by atoms with E-state index >= 15 is 0 Å². The Kier molecular flexibility index (Phi) is 6.97. The summed E-state index contributed by atoms with van der Waals surface area (Å²) < 4.78 is 14.0. The maximum Gasteiger partial charge on any atom is 0.332 e. The van der Waals surface area contributed by atoms with E-state index in [4.69, 9.17) is 0 Å². The molecule has 2 aliphatic rings. The number of para-hydroxylation sites is 2. The number of carbonyl (C=O) groups excluding carboxylic acids is 3. The highest BCUT2D eigenvalue weighted by atomic mass is 19.1. The van der Waals surface area contributed by atoms with Crippen molar-refractivity contribution in [2.75, 3.05) is 4.90 Å². The van der Waals surface area contributed by atoms with Crippen molar-refractivity contribution in [1.29, 1.82) is 0 Å². The number of halogens is 1. The minimum Gasteiger partial charge on any atom is -0.356 e. The first-order valence-electron chi connectivity index (χ1n) is 14.9. The molecule has 3 unspecified atom stereocenters. The molecule has 220 valence electrons. The van der Waals surface area contributed by atoms with Gasteiger partial charge in [-0.1, -0.05) is 72.8 Å². The van der Waals surface area contributed by atoms with Gasteiger partial charge >= 0.3 is 6.03 Å². The lowest BCUT2D eigenvalue weighted by Crippen LogP contribution is -2.44. The zero-order chi connectivity index (χ0) is 30.4. The summed E-state index contributed by atoms with van der Waals surface area (Å²) in [6.07, 6.45) is 1.87. The van der Waals surface area contributed by atoms with Crippen molar-refractivity contribution in [3.63, 3.8) is 0 Å². The first-order valence-corrected chi connectivity index (χ1v) is 14.9. The van der Waals surface area contributed by atoms with Crippen LogP contribution in [0.2, 0.25) is 0 Å². The second kappa shape index (κ2) is 11.1. The van der Waals surface area contributed by atoms with Crippen LogP contribution >= 0.6 is 0 Å². The van der Waals surface area contributed by atoms with E-state index in [0.29, 0.717) is 12.0 Å². The summed E-state index contributed by atoms with van der Waals surface area (Å²) in [5.41, 5.74) is 5.04. The van der Waals surface area contributed by atoms with Crippen LogP contribution < -0.4 is 10.2 Å². The van der Waals surface area contributed by atoms with Gasteiger partial charge in [0.15, 0.2) is 0 Å². The molecule has 2 N–H and O–H groups in total. The van der Waals surface area contributed by atoms with Crippen LogP contribution in [0, 0.1) is 5.82 Å². The molecule has 0 radical (unpaired) electrons. The third-order valence-electron chi connectivity index (χ3n) is 8.71. The number of H-pyrrole nitrogens is 1. The standard InChI is InChI=1S/C36H31FN4O3/c1-22(15-16-23-9-3-2-4-10-23)38-34(42)27-12-6-8-14-30(27)41-35(43)31-21-28-26-11-5-7-13-29(26)39-32(28)33(40(31)36(41)44)24-17-19-25(37)20-18-24/h2-14,17-20,22,31,33,39H,15-16,21H2,1H3,(H,38,42). The van der Waals surface area contributed by atoms with Crippen LogP contribution in [0.25, 0.3) is 10.9 Å². The topological polar surface area (TPSA) is 85.5 Å². The fourth-order valence-electron chi connectivity index (χ4n) is 6.55. The maximum atomic E-state index is 14.3. The molecule has 4 amide bonds. The third-order valence-corrected chi connectivity index (χ3v) is 8.71. The molecule has 1 aromatic heterocycles. The van der Waals surface area contributed by atoms with Gasteiger partial charge in [0.2, 0.25) is 0 Å². The lowest BCUT2D eigenvalue weighted by Gasteiger charge is -2.36. The number of imide groups is 1. The lowest BCUT2D eigenvalue weighted by atomic mass is 9.89. The van der Waals surface area contributed by atoms with Gasteiger partial charge in [-0.2, -0.15) is 0 Å². The van der Waals surface area contributed by atoms with E-state index in [-0.39, 0.29) is 29.0 Å². The van der Waals surface area contributed by atoms with Crippen LogP contribution in [-0.4, -0.2) is 39.8 Å². The first kappa shape index (κ1) is 27.6. The zero-order valence-electron chi connectivity index (χ0n) is 24.2. The van der Waals surface area contributed by atoms with Crippen molar-refractivity contribution in [2.45, 2.75) is 44.3 Å². The first-order chi connectivity index (χ1) is 21.4. The van der Waals surface area contributed by atoms with E-state index in [1.54, 1.807) is 41.3 Å². The monoisotopic (exact) mass is 586 g/mol. The maximum absolute atomic E-state index is 14.3. The Morgan fingerprint density at radius 2 is 1.64 bits per heavy atom. The number of aryl methyl sites for hydroxylation is 1. The van der Waals surface area contributed by atoms with Crippen molar-refractivity contribution >= 4 is 34.4 Å². The quantitative estimate of drug-likeness (QED) is 0.212. The van der Waals surface area contributed by atoms with Crippen molar-refractivity contribution in [2.24, 2.45) is 0 Å². The molecule has 1 fully saturated rings. The predicted octanol–water partition coefficient (Wildman–Crippen LogP) is 6.54. The number of aromatic nitrogens is 1. The van der Waals surface area contributed by atoms with Crippen LogP contribution in [0.15, 0.2) is 103 Å². The molecule has 1 saturated heterocycles. The van der Waals surface area contributed by atoms with Gasteiger partial charge in [-0.05, 0) is 66.8 Å². The summed E-state index contributed by atoms with van der Waals surface area (Å²) in [7, 11) is 0. The summed E-state index contributed by atoms with van der Waals surface area (Å²) in [5, 5.41) is 4.03. The van der Waals surface area contributed by atoms with E-state index in [0.717, 1.165) is 39.9 Å². The number of aromatic amines is 1. The molecule has 0 aliphatic carbocycles. The van der Waals surface area contributed by atoms with Crippen molar-refractivity contribution in [3.8, 4) is 0 Å². The Bertz CT molecular complexity index is 1890. The van der Waals surface area contributed by atoms with Gasteiger partial charge in [-0.3, -0.25) is 14.5 Å². The molecule has 3 heterocycles. The SMILES string of the molecule is CC(CCc1ccccc1)NC(=O)c1ccccc1N1C(=O)C2Cc3c([nH]c4ccccc34)C(c3ccc(F)cc3)N2C1=O. The Balaban J connectivity index is 1.22. The predicted molar refractivity (Wildman–Crippen MR) is 167 cm³/mol. The minimum absolute atomic E-state index is 0.131. The van der Waals surface area contributed by atoms with E-state index in [9.17, 15) is 18.8 Å². The fraction of sp³-hybridized carbons (Fsp3) is 0.194. The molecule has 3 atom stereocenters. The molecule has 7 rings (SSSR count). The molecule has 2 aliphatic heterocycles. The third kappa shape index (κ3) is 4.72. The highest BCUT2D eigenvalue weighted by Crippen LogP contribution is 2.45. The largest absolute Gasteiger partial charge is 0.356 e. The lowest BCUT2D eigenvalue weighted by molar-refractivity contribution is -0.120. The molecule has 0 spiro atoms. The summed E-state index contributed by atoms with van der Waals surface area (Å²) in [4.78, 5) is 48.2. The number of rotatable bonds is 7. The highest BCUT2D eigenvalue weighted by Gasteiger charge is 2.53. The van der Waals surface area contributed by atoms with Crippen LogP contribution in [-0.2, 0) is 17.6 Å². The molecule has 0 bridgehead atoms. The molecule has 0 saturated carbocycles. The molecule has 7 nitrogen and oxygen atoms in total. The minimum atomic E-state index is -0.787. The van der Waals surface area contributed by atoms with Gasteiger partial charge in [-0.25, -0.2) is 14.1 Å². The molecule has 8 heteroatoms. The molecule has 5 aromatic rings. The van der Waals surface area contributed by atoms with Gasteiger partial charge in [0.25, 0.3) is 11.8 Å². The number of amides is 4. The number of benzene rings is 4. The van der Waals surface area contributed by atoms with E-state index in [2.05, 4.69) is 22.4 Å². The second-order valence-corrected chi connectivity index (χ2v) is 11.5. The summed E-state index contributed by atoms with van der Waals surface area (Å²) in [5.74, 6) is -1.13. The Hall–Kier alpha value is -5.24. The van der Waals surface area contributed by atoms with E-state index < -0.39 is 24.0 Å². The number of urea groups is 1. The van der Waals surface area contributed by atoms with Gasteiger partial charge in [-0.15, -0.1) is 0 Å². The van der Waals surface area contributed by atoms with Crippen molar-refractivity contribution in [3.05, 3.63) is 137 Å². The molecule has 44 heavy (non-hydrogen) atoms. The molecular weight excluding hydrogens is 555 g/mol. The second-order valence-electron chi connectivity index (χ2n) is 11.5. The number of anilines is 1. The zero-order valence-corrected chi connectivity index (χ0v) is 24.2. The van der Waals surface area contributed by atoms with Crippen molar-refractivity contribution in [1.82, 2.24) is 15.2 Å². The molecular formula is C36H31FN4O3. The molecule has 4 aromatic carbocycles. The van der Waals surface area contributed by atoms with Gasteiger partial charge in [0, 0.05) is 29.1 Å². The highest BCUT2D eigenvalue weighted by molar-refractivity contribution is 6.24. The number of hydrogen-bond donors (Lipinski definition) is 2. The average Bonchev–Trinajstić information content (AvgIpc) is 3.54.